The summed E-state index contributed by atoms with van der Waals surface area (Å²) in [6.07, 6.45) is -4.40. The van der Waals surface area contributed by atoms with E-state index >= 15 is 0 Å². The molecule has 0 saturated heterocycles. The van der Waals surface area contributed by atoms with Gasteiger partial charge < -0.3 is 5.73 Å². The van der Waals surface area contributed by atoms with Gasteiger partial charge in [-0.15, -0.1) is 11.3 Å². The van der Waals surface area contributed by atoms with Gasteiger partial charge in [-0.1, -0.05) is 13.8 Å². The quantitative estimate of drug-likeness (QED) is 0.774. The first-order chi connectivity index (χ1) is 5.82. The highest BCUT2D eigenvalue weighted by Gasteiger charge is 2.37. The van der Waals surface area contributed by atoms with E-state index in [1.165, 1.54) is 0 Å². The van der Waals surface area contributed by atoms with Gasteiger partial charge in [0.25, 0.3) is 0 Å². The Balaban J connectivity index is 3.20. The van der Waals surface area contributed by atoms with Crippen molar-refractivity contribution in [3.8, 4) is 0 Å². The highest BCUT2D eigenvalue weighted by molar-refractivity contribution is 7.15. The highest BCUT2D eigenvalue weighted by Crippen LogP contribution is 2.38. The van der Waals surface area contributed by atoms with Gasteiger partial charge in [-0.2, -0.15) is 13.2 Å². The van der Waals surface area contributed by atoms with E-state index in [0.29, 0.717) is 0 Å². The lowest BCUT2D eigenvalue weighted by Gasteiger charge is -2.07. The lowest BCUT2D eigenvalue weighted by atomic mass is 10.1. The number of nitrogens with zero attached hydrogens (tertiary/aromatic N) is 1. The maximum Gasteiger partial charge on any atom is 0.434 e. The average molecular weight is 210 g/mol. The Hall–Kier alpha value is -0.780. The van der Waals surface area contributed by atoms with Crippen molar-refractivity contribution in [2.75, 3.05) is 5.73 Å². The van der Waals surface area contributed by atoms with Gasteiger partial charge in [0.05, 0.1) is 0 Å². The monoisotopic (exact) mass is 210 g/mol. The fourth-order valence-electron chi connectivity index (χ4n) is 0.943. The van der Waals surface area contributed by atoms with Crippen LogP contribution in [0.2, 0.25) is 0 Å². The van der Waals surface area contributed by atoms with Crippen LogP contribution in [-0.2, 0) is 6.18 Å². The summed E-state index contributed by atoms with van der Waals surface area (Å²) in [5.74, 6) is -0.202. The van der Waals surface area contributed by atoms with Gasteiger partial charge in [0.2, 0.25) is 0 Å². The van der Waals surface area contributed by atoms with Crippen LogP contribution < -0.4 is 5.73 Å². The minimum atomic E-state index is -4.40. The lowest BCUT2D eigenvalue weighted by Crippen LogP contribution is -2.09. The second-order valence-electron chi connectivity index (χ2n) is 2.92. The number of rotatable bonds is 1. The van der Waals surface area contributed by atoms with Crippen LogP contribution in [0.15, 0.2) is 0 Å². The summed E-state index contributed by atoms with van der Waals surface area (Å²) in [6, 6.07) is 0. The Bertz CT molecular complexity index is 303. The number of alkyl halides is 3. The molecule has 74 valence electrons. The molecule has 1 aromatic rings. The maximum atomic E-state index is 12.3. The molecule has 13 heavy (non-hydrogen) atoms. The summed E-state index contributed by atoms with van der Waals surface area (Å²) in [6.45, 7) is 3.37. The molecule has 0 saturated carbocycles. The number of nitrogens with two attached hydrogens (primary N) is 1. The second kappa shape index (κ2) is 3.17. The largest absolute Gasteiger partial charge is 0.434 e. The van der Waals surface area contributed by atoms with Crippen LogP contribution in [0.5, 0.6) is 0 Å². The Morgan fingerprint density at radius 3 is 2.23 bits per heavy atom. The zero-order valence-electron chi connectivity index (χ0n) is 7.14. The van der Waals surface area contributed by atoms with Crippen LogP contribution in [0.3, 0.4) is 0 Å². The van der Waals surface area contributed by atoms with E-state index in [-0.39, 0.29) is 15.9 Å². The van der Waals surface area contributed by atoms with Gasteiger partial charge in [0.15, 0.2) is 10.8 Å². The molecule has 6 heteroatoms. The molecular weight excluding hydrogens is 201 g/mol. The van der Waals surface area contributed by atoms with Crippen molar-refractivity contribution in [1.82, 2.24) is 4.98 Å². The molecule has 0 aromatic carbocycles. The summed E-state index contributed by atoms with van der Waals surface area (Å²) >= 11 is 0.896. The Labute approximate surface area is 77.6 Å². The van der Waals surface area contributed by atoms with Crippen molar-refractivity contribution in [2.45, 2.75) is 25.9 Å². The smallest absolute Gasteiger partial charge is 0.375 e. The minimum absolute atomic E-state index is 0.0315. The van der Waals surface area contributed by atoms with Crippen molar-refractivity contribution < 1.29 is 13.2 Å². The van der Waals surface area contributed by atoms with Crippen LogP contribution in [0.25, 0.3) is 0 Å². The standard InChI is InChI=1S/C7H9F3N2S/c1-3(2)4-5(7(8,9)10)12-6(11)13-4/h3H,1-2H3,(H2,11,12). The highest BCUT2D eigenvalue weighted by atomic mass is 32.1. The molecule has 2 N–H and O–H groups in total. The molecular formula is C7H9F3N2S. The van der Waals surface area contributed by atoms with E-state index in [0.717, 1.165) is 11.3 Å². The predicted molar refractivity (Wildman–Crippen MR) is 45.6 cm³/mol. The summed E-state index contributed by atoms with van der Waals surface area (Å²) in [5.41, 5.74) is 4.38. The average Bonchev–Trinajstić information content (AvgIpc) is 2.29. The molecule has 0 aliphatic heterocycles. The van der Waals surface area contributed by atoms with E-state index in [1.807, 2.05) is 0 Å². The molecule has 1 rings (SSSR count). The fourth-order valence-corrected chi connectivity index (χ4v) is 1.80. The number of halogens is 3. The molecule has 0 fully saturated rings. The van der Waals surface area contributed by atoms with E-state index in [1.54, 1.807) is 13.8 Å². The first kappa shape index (κ1) is 10.3. The van der Waals surface area contributed by atoms with Crippen LogP contribution >= 0.6 is 11.3 Å². The van der Waals surface area contributed by atoms with E-state index in [9.17, 15) is 13.2 Å². The van der Waals surface area contributed by atoms with E-state index < -0.39 is 11.9 Å². The summed E-state index contributed by atoms with van der Waals surface area (Å²) in [7, 11) is 0. The zero-order chi connectivity index (χ0) is 10.2. The van der Waals surface area contributed by atoms with Crippen LogP contribution in [-0.4, -0.2) is 4.98 Å². The number of hydrogen-bond acceptors (Lipinski definition) is 3. The fraction of sp³-hybridized carbons (Fsp3) is 0.571. The number of anilines is 1. The van der Waals surface area contributed by atoms with Crippen LogP contribution in [0, 0.1) is 0 Å². The second-order valence-corrected chi connectivity index (χ2v) is 3.98. The normalized spacial score (nSPS) is 12.5. The van der Waals surface area contributed by atoms with Crippen molar-refractivity contribution in [1.29, 1.82) is 0 Å². The molecule has 2 nitrogen and oxygen atoms in total. The number of nitrogen functional groups attached to an aromatic ring is 1. The molecule has 0 unspecified atom stereocenters. The Kier molecular flexibility index (Phi) is 2.51. The third-order valence-corrected chi connectivity index (χ3v) is 2.65. The third kappa shape index (κ3) is 2.12. The molecule has 0 amide bonds. The molecule has 1 aromatic heterocycles. The topological polar surface area (TPSA) is 38.9 Å². The number of aromatic nitrogens is 1. The van der Waals surface area contributed by atoms with Crippen LogP contribution in [0.1, 0.15) is 30.3 Å². The molecule has 1 heterocycles. The van der Waals surface area contributed by atoms with Gasteiger partial charge in [0.1, 0.15) is 0 Å². The van der Waals surface area contributed by atoms with Crippen LogP contribution in [0.4, 0.5) is 18.3 Å². The zero-order valence-corrected chi connectivity index (χ0v) is 7.96. The summed E-state index contributed by atoms with van der Waals surface area (Å²) in [4.78, 5) is 3.47. The first-order valence-corrected chi connectivity index (χ1v) is 4.47. The van der Waals surface area contributed by atoms with E-state index in [2.05, 4.69) is 4.98 Å². The number of hydrogen-bond donors (Lipinski definition) is 1. The van der Waals surface area contributed by atoms with Crippen molar-refractivity contribution >= 4 is 16.5 Å². The molecule has 0 bridgehead atoms. The van der Waals surface area contributed by atoms with Gasteiger partial charge >= 0.3 is 6.18 Å². The molecule has 0 spiro atoms. The van der Waals surface area contributed by atoms with Gasteiger partial charge in [-0.3, -0.25) is 0 Å². The summed E-state index contributed by atoms with van der Waals surface area (Å²) in [5, 5.41) is -0.0315. The summed E-state index contributed by atoms with van der Waals surface area (Å²) < 4.78 is 36.9. The Morgan fingerprint density at radius 1 is 1.38 bits per heavy atom. The van der Waals surface area contributed by atoms with Crippen molar-refractivity contribution in [2.24, 2.45) is 0 Å². The van der Waals surface area contributed by atoms with Gasteiger partial charge in [-0.05, 0) is 5.92 Å². The predicted octanol–water partition coefficient (Wildman–Crippen LogP) is 2.87. The van der Waals surface area contributed by atoms with E-state index in [4.69, 9.17) is 5.73 Å². The SMILES string of the molecule is CC(C)c1sc(N)nc1C(F)(F)F. The minimum Gasteiger partial charge on any atom is -0.375 e. The Morgan fingerprint density at radius 2 is 1.92 bits per heavy atom. The first-order valence-electron chi connectivity index (χ1n) is 3.65. The third-order valence-electron chi connectivity index (χ3n) is 1.46. The molecule has 0 radical (unpaired) electrons. The number of thiazole rings is 1. The molecule has 0 atom stereocenters. The van der Waals surface area contributed by atoms with Crippen molar-refractivity contribution in [3.63, 3.8) is 0 Å². The van der Waals surface area contributed by atoms with Gasteiger partial charge in [-0.25, -0.2) is 4.98 Å². The van der Waals surface area contributed by atoms with Gasteiger partial charge in [0, 0.05) is 4.88 Å². The maximum absolute atomic E-state index is 12.3. The lowest BCUT2D eigenvalue weighted by molar-refractivity contribution is -0.141. The van der Waals surface area contributed by atoms with Crippen molar-refractivity contribution in [3.05, 3.63) is 10.6 Å². The molecule has 0 aliphatic rings. The molecule has 0 aliphatic carbocycles.